The van der Waals surface area contributed by atoms with Crippen LogP contribution < -0.4 is 9.47 Å². The van der Waals surface area contributed by atoms with Crippen LogP contribution in [0.4, 0.5) is 0 Å². The van der Waals surface area contributed by atoms with E-state index in [4.69, 9.17) is 9.47 Å². The average Bonchev–Trinajstić information content (AvgIpc) is 2.65. The summed E-state index contributed by atoms with van der Waals surface area (Å²) in [4.78, 5) is 11.5. The number of aryl methyl sites for hydroxylation is 1. The fourth-order valence-electron chi connectivity index (χ4n) is 2.51. The van der Waals surface area contributed by atoms with E-state index in [9.17, 15) is 9.90 Å². The number of hydrogen-bond acceptors (Lipinski definition) is 3. The van der Waals surface area contributed by atoms with Gasteiger partial charge in [-0.1, -0.05) is 55.1 Å². The van der Waals surface area contributed by atoms with Gasteiger partial charge in [-0.25, -0.2) is 4.79 Å². The quantitative estimate of drug-likeness (QED) is 0.610. The Bertz CT molecular complexity index is 862. The first-order valence-electron chi connectivity index (χ1n) is 8.63. The molecule has 2 aromatic carbocycles. The van der Waals surface area contributed by atoms with Gasteiger partial charge in [0.2, 0.25) is 0 Å². The summed E-state index contributed by atoms with van der Waals surface area (Å²) >= 11 is 0. The van der Waals surface area contributed by atoms with Gasteiger partial charge in [-0.15, -0.1) is 0 Å². The number of rotatable bonds is 9. The minimum absolute atomic E-state index is 0.179. The molecule has 2 rings (SSSR count). The third-order valence-corrected chi connectivity index (χ3v) is 3.87. The Hall–Kier alpha value is -3.27. The van der Waals surface area contributed by atoms with E-state index in [0.29, 0.717) is 34.8 Å². The molecular formula is C23H24O4. The molecule has 0 saturated carbocycles. The lowest BCUT2D eigenvalue weighted by molar-refractivity contribution is 0.0693. The fourth-order valence-corrected chi connectivity index (χ4v) is 2.51. The topological polar surface area (TPSA) is 55.8 Å². The van der Waals surface area contributed by atoms with E-state index in [2.05, 4.69) is 6.58 Å². The van der Waals surface area contributed by atoms with Crippen LogP contribution in [0.3, 0.4) is 0 Å². The summed E-state index contributed by atoms with van der Waals surface area (Å²) in [6.45, 7) is 8.03. The summed E-state index contributed by atoms with van der Waals surface area (Å²) in [5.41, 5.74) is 2.72. The largest absolute Gasteiger partial charge is 0.489 e. The van der Waals surface area contributed by atoms with Crippen molar-refractivity contribution in [1.82, 2.24) is 0 Å². The lowest BCUT2D eigenvalue weighted by atomic mass is 10.0. The minimum Gasteiger partial charge on any atom is -0.489 e. The Balaban J connectivity index is 2.01. The van der Waals surface area contributed by atoms with E-state index >= 15 is 0 Å². The Morgan fingerprint density at radius 3 is 2.52 bits per heavy atom. The van der Waals surface area contributed by atoms with Gasteiger partial charge in [0, 0.05) is 11.6 Å². The number of ether oxygens (including phenoxy) is 2. The Morgan fingerprint density at radius 1 is 1.11 bits per heavy atom. The SMILES string of the molecule is C=C/C=C\C=C(/C)COc1cccc(OCc2cccc(C)c2C(=O)O)c1. The molecule has 0 saturated heterocycles. The van der Waals surface area contributed by atoms with Crippen molar-refractivity contribution in [2.45, 2.75) is 20.5 Å². The van der Waals surface area contributed by atoms with Crippen molar-refractivity contribution >= 4 is 5.97 Å². The van der Waals surface area contributed by atoms with E-state index in [1.165, 1.54) is 0 Å². The molecule has 4 heteroatoms. The van der Waals surface area contributed by atoms with Crippen molar-refractivity contribution in [3.8, 4) is 11.5 Å². The maximum Gasteiger partial charge on any atom is 0.336 e. The highest BCUT2D eigenvalue weighted by Gasteiger charge is 2.13. The van der Waals surface area contributed by atoms with Gasteiger partial charge in [-0.2, -0.15) is 0 Å². The second-order valence-corrected chi connectivity index (χ2v) is 6.10. The minimum atomic E-state index is -0.948. The van der Waals surface area contributed by atoms with Crippen LogP contribution in [0.25, 0.3) is 0 Å². The third-order valence-electron chi connectivity index (χ3n) is 3.87. The molecule has 1 N–H and O–H groups in total. The van der Waals surface area contributed by atoms with Crippen molar-refractivity contribution < 1.29 is 19.4 Å². The molecule has 0 spiro atoms. The first-order chi connectivity index (χ1) is 13.0. The van der Waals surface area contributed by atoms with Crippen LogP contribution in [0, 0.1) is 6.92 Å². The molecule has 0 unspecified atom stereocenters. The maximum atomic E-state index is 11.5. The summed E-state index contributed by atoms with van der Waals surface area (Å²) in [6, 6.07) is 12.7. The van der Waals surface area contributed by atoms with Gasteiger partial charge in [0.05, 0.1) is 5.56 Å². The van der Waals surface area contributed by atoms with E-state index in [1.807, 2.05) is 49.4 Å². The second kappa shape index (κ2) is 10.0. The highest BCUT2D eigenvalue weighted by atomic mass is 16.5. The lowest BCUT2D eigenvalue weighted by Gasteiger charge is -2.12. The van der Waals surface area contributed by atoms with Crippen molar-refractivity contribution in [1.29, 1.82) is 0 Å². The second-order valence-electron chi connectivity index (χ2n) is 6.10. The summed E-state index contributed by atoms with van der Waals surface area (Å²) in [5.74, 6) is 0.366. The predicted molar refractivity (Wildman–Crippen MR) is 108 cm³/mol. The molecule has 140 valence electrons. The molecule has 0 radical (unpaired) electrons. The first-order valence-corrected chi connectivity index (χ1v) is 8.63. The van der Waals surface area contributed by atoms with Gasteiger partial charge in [0.25, 0.3) is 0 Å². The highest BCUT2D eigenvalue weighted by Crippen LogP contribution is 2.22. The van der Waals surface area contributed by atoms with Crippen LogP contribution in [0.5, 0.6) is 11.5 Å². The van der Waals surface area contributed by atoms with Gasteiger partial charge in [-0.3, -0.25) is 0 Å². The van der Waals surface area contributed by atoms with Crippen LogP contribution in [-0.2, 0) is 6.61 Å². The van der Waals surface area contributed by atoms with Crippen molar-refractivity contribution in [3.63, 3.8) is 0 Å². The Morgan fingerprint density at radius 2 is 1.81 bits per heavy atom. The number of aromatic carboxylic acids is 1. The molecule has 0 aliphatic rings. The standard InChI is InChI=1S/C23H24O4/c1-4-5-6-9-17(2)15-26-20-12-8-13-21(14-20)27-16-19-11-7-10-18(3)22(19)23(24)25/h4-14H,1,15-16H2,2-3H3,(H,24,25)/b6-5-,17-9+. The van der Waals surface area contributed by atoms with E-state index in [1.54, 1.807) is 31.2 Å². The molecular weight excluding hydrogens is 340 g/mol. The number of benzene rings is 2. The number of carboxylic acids is 1. The molecule has 0 aliphatic carbocycles. The van der Waals surface area contributed by atoms with Crippen LogP contribution in [0.1, 0.15) is 28.4 Å². The number of allylic oxidation sites excluding steroid dienone is 4. The number of carbonyl (C=O) groups is 1. The monoisotopic (exact) mass is 364 g/mol. The smallest absolute Gasteiger partial charge is 0.336 e. The molecule has 0 aliphatic heterocycles. The Kier molecular flexibility index (Phi) is 7.44. The van der Waals surface area contributed by atoms with Gasteiger partial charge in [0.15, 0.2) is 0 Å². The average molecular weight is 364 g/mol. The Labute approximate surface area is 160 Å². The van der Waals surface area contributed by atoms with E-state index in [0.717, 1.165) is 5.57 Å². The number of hydrogen-bond donors (Lipinski definition) is 1. The molecule has 0 heterocycles. The van der Waals surface area contributed by atoms with Crippen LogP contribution in [-0.4, -0.2) is 17.7 Å². The van der Waals surface area contributed by atoms with Crippen molar-refractivity contribution in [2.24, 2.45) is 0 Å². The molecule has 0 fully saturated rings. The van der Waals surface area contributed by atoms with E-state index < -0.39 is 5.97 Å². The van der Waals surface area contributed by atoms with Gasteiger partial charge in [-0.05, 0) is 37.1 Å². The molecule has 0 amide bonds. The molecule has 0 atom stereocenters. The van der Waals surface area contributed by atoms with Crippen molar-refractivity contribution in [2.75, 3.05) is 6.61 Å². The predicted octanol–water partition coefficient (Wildman–Crippen LogP) is 5.34. The zero-order valence-electron chi connectivity index (χ0n) is 15.6. The maximum absolute atomic E-state index is 11.5. The molecule has 4 nitrogen and oxygen atoms in total. The summed E-state index contributed by atoms with van der Waals surface area (Å²) in [6.07, 6.45) is 7.45. The first kappa shape index (κ1) is 20.0. The summed E-state index contributed by atoms with van der Waals surface area (Å²) < 4.78 is 11.6. The lowest BCUT2D eigenvalue weighted by Crippen LogP contribution is -2.08. The van der Waals surface area contributed by atoms with Crippen LogP contribution >= 0.6 is 0 Å². The molecule has 2 aromatic rings. The zero-order chi connectivity index (χ0) is 19.6. The molecule has 0 bridgehead atoms. The third kappa shape index (κ3) is 6.19. The van der Waals surface area contributed by atoms with Gasteiger partial charge < -0.3 is 14.6 Å². The summed E-state index contributed by atoms with van der Waals surface area (Å²) in [5, 5.41) is 9.40. The normalized spacial score (nSPS) is 11.4. The summed E-state index contributed by atoms with van der Waals surface area (Å²) in [7, 11) is 0. The fraction of sp³-hybridized carbons (Fsp3) is 0.174. The van der Waals surface area contributed by atoms with Gasteiger partial charge >= 0.3 is 5.97 Å². The van der Waals surface area contributed by atoms with Gasteiger partial charge in [0.1, 0.15) is 24.7 Å². The van der Waals surface area contributed by atoms with Crippen molar-refractivity contribution in [3.05, 3.63) is 95.6 Å². The zero-order valence-corrected chi connectivity index (χ0v) is 15.6. The van der Waals surface area contributed by atoms with E-state index in [-0.39, 0.29) is 6.61 Å². The highest BCUT2D eigenvalue weighted by molar-refractivity contribution is 5.91. The number of carboxylic acid groups (broad SMARTS) is 1. The van der Waals surface area contributed by atoms with Crippen LogP contribution in [0.2, 0.25) is 0 Å². The molecule has 27 heavy (non-hydrogen) atoms. The molecule has 0 aromatic heterocycles. The van der Waals surface area contributed by atoms with Crippen LogP contribution in [0.15, 0.2) is 78.9 Å².